The predicted molar refractivity (Wildman–Crippen MR) is 82.5 cm³/mol. The Labute approximate surface area is 132 Å². The van der Waals surface area contributed by atoms with Gasteiger partial charge in [0.1, 0.15) is 18.7 Å². The first-order valence-corrected chi connectivity index (χ1v) is 7.33. The van der Waals surface area contributed by atoms with Crippen LogP contribution in [0.15, 0.2) is 30.1 Å². The van der Waals surface area contributed by atoms with Crippen LogP contribution in [0.4, 0.5) is 0 Å². The first-order chi connectivity index (χ1) is 10.7. The van der Waals surface area contributed by atoms with Crippen LogP contribution in [0.5, 0.6) is 5.75 Å². The Morgan fingerprint density at radius 3 is 3.18 bits per heavy atom. The van der Waals surface area contributed by atoms with Gasteiger partial charge in [-0.25, -0.2) is 0 Å². The summed E-state index contributed by atoms with van der Waals surface area (Å²) in [6.45, 7) is 3.32. The summed E-state index contributed by atoms with van der Waals surface area (Å²) in [5.74, 6) is 1.26. The number of carbonyl (C=O) groups excluding carboxylic acids is 1. The Balaban J connectivity index is 1.70. The van der Waals surface area contributed by atoms with Crippen LogP contribution in [0.3, 0.4) is 0 Å². The van der Waals surface area contributed by atoms with E-state index in [1.54, 1.807) is 30.6 Å². The van der Waals surface area contributed by atoms with Gasteiger partial charge in [0.05, 0.1) is 12.1 Å². The first kappa shape index (κ1) is 14.6. The number of aromatic nitrogens is 3. The van der Waals surface area contributed by atoms with E-state index < -0.39 is 0 Å². The molecule has 2 heterocycles. The number of nitrogens with one attached hydrogen (secondary N) is 1. The fourth-order valence-electron chi connectivity index (χ4n) is 2.23. The van der Waals surface area contributed by atoms with Crippen LogP contribution in [0.2, 0.25) is 5.02 Å². The second-order valence-electron chi connectivity index (χ2n) is 4.86. The van der Waals surface area contributed by atoms with Gasteiger partial charge in [-0.05, 0) is 31.2 Å². The first-order valence-electron chi connectivity index (χ1n) is 6.95. The lowest BCUT2D eigenvalue weighted by Gasteiger charge is -2.17. The van der Waals surface area contributed by atoms with Crippen molar-refractivity contribution in [3.8, 4) is 5.75 Å². The normalized spacial score (nSPS) is 13.1. The number of ether oxygens (including phenoxy) is 1. The molecule has 0 aliphatic carbocycles. The molecule has 0 radical (unpaired) electrons. The van der Waals surface area contributed by atoms with E-state index >= 15 is 0 Å². The lowest BCUT2D eigenvalue weighted by atomic mass is 10.1. The minimum absolute atomic E-state index is 0.184. The molecule has 1 aliphatic heterocycles. The molecule has 7 heteroatoms. The van der Waals surface area contributed by atoms with Crippen LogP contribution >= 0.6 is 11.6 Å². The third-order valence-corrected chi connectivity index (χ3v) is 3.65. The zero-order valence-corrected chi connectivity index (χ0v) is 12.8. The van der Waals surface area contributed by atoms with Crippen molar-refractivity contribution in [2.45, 2.75) is 20.0 Å². The molecule has 0 bridgehead atoms. The van der Waals surface area contributed by atoms with Crippen molar-refractivity contribution >= 4 is 23.6 Å². The molecule has 114 valence electrons. The van der Waals surface area contributed by atoms with Crippen molar-refractivity contribution in [1.82, 2.24) is 20.1 Å². The Kier molecular flexibility index (Phi) is 4.11. The Morgan fingerprint density at radius 2 is 2.36 bits per heavy atom. The third-order valence-electron chi connectivity index (χ3n) is 3.42. The van der Waals surface area contributed by atoms with Gasteiger partial charge in [-0.1, -0.05) is 11.6 Å². The highest BCUT2D eigenvalue weighted by molar-refractivity contribution is 6.30. The van der Waals surface area contributed by atoms with E-state index in [2.05, 4.69) is 15.5 Å². The molecular weight excluding hydrogens is 304 g/mol. The van der Waals surface area contributed by atoms with Crippen molar-refractivity contribution in [1.29, 1.82) is 0 Å². The number of halogens is 1. The predicted octanol–water partition coefficient (Wildman–Crippen LogP) is 2.04. The topological polar surface area (TPSA) is 69.0 Å². The summed E-state index contributed by atoms with van der Waals surface area (Å²) < 4.78 is 7.45. The van der Waals surface area contributed by atoms with Gasteiger partial charge >= 0.3 is 0 Å². The summed E-state index contributed by atoms with van der Waals surface area (Å²) in [5, 5.41) is 11.3. The highest BCUT2D eigenvalue weighted by atomic mass is 35.5. The molecule has 0 unspecified atom stereocenters. The summed E-state index contributed by atoms with van der Waals surface area (Å²) in [7, 11) is 0. The van der Waals surface area contributed by atoms with E-state index in [9.17, 15) is 4.79 Å². The van der Waals surface area contributed by atoms with E-state index in [1.165, 1.54) is 0 Å². The molecule has 1 amide bonds. The van der Waals surface area contributed by atoms with E-state index in [0.29, 0.717) is 17.1 Å². The number of hydrogen-bond donors (Lipinski definition) is 1. The molecule has 1 aromatic carbocycles. The molecule has 0 saturated carbocycles. The molecule has 1 aromatic heterocycles. The number of rotatable bonds is 4. The average molecular weight is 319 g/mol. The number of nitrogens with zero attached hydrogens (tertiary/aromatic N) is 3. The molecule has 2 aromatic rings. The maximum atomic E-state index is 12.2. The highest BCUT2D eigenvalue weighted by Crippen LogP contribution is 2.28. The monoisotopic (exact) mass is 318 g/mol. The summed E-state index contributed by atoms with van der Waals surface area (Å²) in [5.41, 5.74) is 1.36. The fourth-order valence-corrected chi connectivity index (χ4v) is 2.41. The average Bonchev–Trinajstić information content (AvgIpc) is 2.99. The van der Waals surface area contributed by atoms with E-state index in [0.717, 1.165) is 23.7 Å². The van der Waals surface area contributed by atoms with Crippen LogP contribution in [0.1, 0.15) is 18.3 Å². The van der Waals surface area contributed by atoms with Crippen LogP contribution < -0.4 is 10.1 Å². The maximum Gasteiger partial charge on any atom is 0.251 e. The minimum atomic E-state index is -0.184. The maximum absolute atomic E-state index is 12.2. The van der Waals surface area contributed by atoms with Crippen molar-refractivity contribution in [2.24, 2.45) is 0 Å². The summed E-state index contributed by atoms with van der Waals surface area (Å²) in [6, 6.07) is 5.33. The second kappa shape index (κ2) is 6.19. The van der Waals surface area contributed by atoms with Gasteiger partial charge in [-0.15, -0.1) is 10.2 Å². The minimum Gasteiger partial charge on any atom is -0.488 e. The Bertz CT molecular complexity index is 739. The molecule has 1 N–H and O–H groups in total. The number of fused-ring (bicyclic) bond motifs is 1. The van der Waals surface area contributed by atoms with E-state index in [-0.39, 0.29) is 12.5 Å². The summed E-state index contributed by atoms with van der Waals surface area (Å²) in [4.78, 5) is 12.2. The van der Waals surface area contributed by atoms with E-state index in [4.69, 9.17) is 16.3 Å². The van der Waals surface area contributed by atoms with Crippen LogP contribution in [-0.4, -0.2) is 27.3 Å². The van der Waals surface area contributed by atoms with Crippen molar-refractivity contribution in [3.05, 3.63) is 46.5 Å². The number of hydrogen-bond acceptors (Lipinski definition) is 4. The lowest BCUT2D eigenvalue weighted by molar-refractivity contribution is -0.118. The van der Waals surface area contributed by atoms with Gasteiger partial charge in [0.15, 0.2) is 5.82 Å². The molecule has 6 nitrogen and oxygen atoms in total. The van der Waals surface area contributed by atoms with Crippen LogP contribution in [-0.2, 0) is 17.9 Å². The number of amides is 1. The molecule has 0 spiro atoms. The van der Waals surface area contributed by atoms with Gasteiger partial charge in [0.2, 0.25) is 0 Å². The molecule has 0 fully saturated rings. The molecular formula is C15H15ClN4O2. The largest absolute Gasteiger partial charge is 0.488 e. The molecule has 0 atom stereocenters. The zero-order chi connectivity index (χ0) is 15.5. The lowest BCUT2D eigenvalue weighted by Crippen LogP contribution is -2.29. The number of carbonyl (C=O) groups is 1. The number of aryl methyl sites for hydroxylation is 1. The summed E-state index contributed by atoms with van der Waals surface area (Å²) in [6.07, 6.45) is 3.44. The van der Waals surface area contributed by atoms with Crippen LogP contribution in [0, 0.1) is 0 Å². The molecule has 3 rings (SSSR count). The molecule has 0 saturated heterocycles. The van der Waals surface area contributed by atoms with Gasteiger partial charge in [0.25, 0.3) is 5.91 Å². The highest BCUT2D eigenvalue weighted by Gasteiger charge is 2.17. The van der Waals surface area contributed by atoms with Gasteiger partial charge < -0.3 is 14.6 Å². The van der Waals surface area contributed by atoms with E-state index in [1.807, 2.05) is 11.5 Å². The van der Waals surface area contributed by atoms with Gasteiger partial charge in [-0.2, -0.15) is 0 Å². The van der Waals surface area contributed by atoms with Crippen molar-refractivity contribution in [3.63, 3.8) is 0 Å². The summed E-state index contributed by atoms with van der Waals surface area (Å²) >= 11 is 5.96. The molecule has 1 aliphatic rings. The zero-order valence-electron chi connectivity index (χ0n) is 12.0. The SMILES string of the molecule is CCn1cnnc1CNC(=O)C1=Cc2cc(Cl)ccc2OC1. The smallest absolute Gasteiger partial charge is 0.251 e. The van der Waals surface area contributed by atoms with Crippen molar-refractivity contribution in [2.75, 3.05) is 6.61 Å². The number of benzene rings is 1. The van der Waals surface area contributed by atoms with Gasteiger partial charge in [0, 0.05) is 17.1 Å². The Morgan fingerprint density at radius 1 is 1.50 bits per heavy atom. The fraction of sp³-hybridized carbons (Fsp3) is 0.267. The Hall–Kier alpha value is -2.34. The molecule has 22 heavy (non-hydrogen) atoms. The van der Waals surface area contributed by atoms with Crippen molar-refractivity contribution < 1.29 is 9.53 Å². The second-order valence-corrected chi connectivity index (χ2v) is 5.29. The van der Waals surface area contributed by atoms with Gasteiger partial charge in [-0.3, -0.25) is 4.79 Å². The third kappa shape index (κ3) is 2.96. The quantitative estimate of drug-likeness (QED) is 0.936. The van der Waals surface area contributed by atoms with Crippen LogP contribution in [0.25, 0.3) is 6.08 Å². The standard InChI is InChI=1S/C15H15ClN4O2/c1-2-20-9-18-19-14(20)7-17-15(21)11-5-10-6-12(16)3-4-13(10)22-8-11/h3-6,9H,2,7-8H2,1H3,(H,17,21).